The Hall–Kier alpha value is -4.22. The summed E-state index contributed by atoms with van der Waals surface area (Å²) in [5, 5.41) is 13.8. The molecule has 5 atom stereocenters. The van der Waals surface area contributed by atoms with Crippen molar-refractivity contribution in [1.29, 1.82) is 0 Å². The predicted octanol–water partition coefficient (Wildman–Crippen LogP) is -1.84. The lowest BCUT2D eigenvalue weighted by Crippen LogP contribution is -2.58. The molecule has 5 amide bonds. The van der Waals surface area contributed by atoms with Crippen LogP contribution in [0, 0.1) is 0 Å². The van der Waals surface area contributed by atoms with Gasteiger partial charge in [0.25, 0.3) is 0 Å². The molecule has 0 aromatic heterocycles. The number of hydrogen-bond donors (Lipinski definition) is 9. The van der Waals surface area contributed by atoms with E-state index in [0.717, 1.165) is 5.56 Å². The van der Waals surface area contributed by atoms with E-state index in [2.05, 4.69) is 31.6 Å². The Morgan fingerprint density at radius 1 is 0.776 bits per heavy atom. The molecular formula is C32H54N10O6S. The number of benzene rings is 1. The van der Waals surface area contributed by atoms with Gasteiger partial charge in [0.2, 0.25) is 29.5 Å². The minimum Gasteiger partial charge on any atom is -0.370 e. The lowest BCUT2D eigenvalue weighted by molar-refractivity contribution is -0.134. The molecule has 16 nitrogen and oxygen atoms in total. The zero-order valence-corrected chi connectivity index (χ0v) is 29.3. The minimum absolute atomic E-state index is 0.00820. The summed E-state index contributed by atoms with van der Waals surface area (Å²) in [7, 11) is 1.66. The van der Waals surface area contributed by atoms with Gasteiger partial charge in [-0.2, -0.15) is 11.8 Å². The number of nitrogens with two attached hydrogens (primary N) is 4. The quantitative estimate of drug-likeness (QED) is 0.0223. The van der Waals surface area contributed by atoms with Gasteiger partial charge in [-0.3, -0.25) is 29.0 Å². The summed E-state index contributed by atoms with van der Waals surface area (Å²) < 4.78 is 0. The molecule has 0 heterocycles. The SMILES string of the molecule is CN[C@@H](Cc1ccccc1)C(=O)N[C@@H](CCCCN)C(=O)N[C@@H](CCCN=C(N)N)C(=O)N[C@@H](CCSC)C(=O)N[C@H](C=O)CCC(N)=O. The highest BCUT2D eigenvalue weighted by atomic mass is 32.2. The van der Waals surface area contributed by atoms with Gasteiger partial charge in [-0.05, 0) is 82.5 Å². The number of aldehydes is 1. The molecule has 274 valence electrons. The number of rotatable bonds is 26. The Bertz CT molecular complexity index is 1220. The van der Waals surface area contributed by atoms with Crippen LogP contribution in [-0.2, 0) is 35.2 Å². The number of nitrogens with one attached hydrogen (secondary N) is 5. The van der Waals surface area contributed by atoms with Crippen molar-refractivity contribution < 1.29 is 28.8 Å². The van der Waals surface area contributed by atoms with Crippen LogP contribution >= 0.6 is 11.8 Å². The first-order chi connectivity index (χ1) is 23.4. The van der Waals surface area contributed by atoms with Crippen molar-refractivity contribution in [1.82, 2.24) is 26.6 Å². The molecule has 17 heteroatoms. The third-order valence-corrected chi connectivity index (χ3v) is 8.19. The van der Waals surface area contributed by atoms with Crippen LogP contribution in [0.4, 0.5) is 0 Å². The van der Waals surface area contributed by atoms with Gasteiger partial charge in [0, 0.05) is 13.0 Å². The summed E-state index contributed by atoms with van der Waals surface area (Å²) in [6, 6.07) is 4.68. The summed E-state index contributed by atoms with van der Waals surface area (Å²) in [5.74, 6) is -2.50. The van der Waals surface area contributed by atoms with Crippen molar-refractivity contribution in [3.05, 3.63) is 35.9 Å². The normalized spacial score (nSPS) is 13.9. The summed E-state index contributed by atoms with van der Waals surface area (Å²) in [5.41, 5.74) is 22.7. The molecule has 1 rings (SSSR count). The molecule has 0 aliphatic rings. The Kier molecular flexibility index (Phi) is 21.7. The first kappa shape index (κ1) is 42.8. The van der Waals surface area contributed by atoms with Gasteiger partial charge in [-0.25, -0.2) is 0 Å². The largest absolute Gasteiger partial charge is 0.370 e. The highest BCUT2D eigenvalue weighted by molar-refractivity contribution is 7.98. The third kappa shape index (κ3) is 18.2. The number of likely N-dealkylation sites (N-methyl/N-ethyl adjacent to an activating group) is 1. The maximum atomic E-state index is 13.7. The number of primary amides is 1. The zero-order valence-electron chi connectivity index (χ0n) is 28.5. The highest BCUT2D eigenvalue weighted by Crippen LogP contribution is 2.09. The van der Waals surface area contributed by atoms with Crippen LogP contribution in [0.5, 0.6) is 0 Å². The van der Waals surface area contributed by atoms with E-state index in [0.29, 0.717) is 44.3 Å². The van der Waals surface area contributed by atoms with Gasteiger partial charge in [0.15, 0.2) is 5.96 Å². The summed E-state index contributed by atoms with van der Waals surface area (Å²) in [4.78, 5) is 80.6. The topological polar surface area (TPSA) is 279 Å². The number of hydrogen-bond acceptors (Lipinski definition) is 10. The number of carbonyl (C=O) groups excluding carboxylic acids is 6. The first-order valence-corrected chi connectivity index (χ1v) is 17.8. The lowest BCUT2D eigenvalue weighted by atomic mass is 10.0. The van der Waals surface area contributed by atoms with E-state index in [1.807, 2.05) is 36.6 Å². The average molecular weight is 707 g/mol. The van der Waals surface area contributed by atoms with Gasteiger partial charge in [0.05, 0.1) is 12.1 Å². The monoisotopic (exact) mass is 706 g/mol. The summed E-state index contributed by atoms with van der Waals surface area (Å²) in [6.07, 6.45) is 4.70. The Labute approximate surface area is 292 Å². The van der Waals surface area contributed by atoms with Crippen LogP contribution in [0.3, 0.4) is 0 Å². The van der Waals surface area contributed by atoms with Gasteiger partial charge >= 0.3 is 0 Å². The van der Waals surface area contributed by atoms with Gasteiger partial charge in [-0.1, -0.05) is 30.3 Å². The van der Waals surface area contributed by atoms with E-state index in [9.17, 15) is 28.8 Å². The number of guanidine groups is 1. The number of carbonyl (C=O) groups is 6. The van der Waals surface area contributed by atoms with Crippen LogP contribution in [0.15, 0.2) is 35.3 Å². The highest BCUT2D eigenvalue weighted by Gasteiger charge is 2.31. The van der Waals surface area contributed by atoms with E-state index >= 15 is 0 Å². The van der Waals surface area contributed by atoms with E-state index in [1.54, 1.807) is 7.05 Å². The van der Waals surface area contributed by atoms with Gasteiger partial charge in [-0.15, -0.1) is 0 Å². The molecule has 49 heavy (non-hydrogen) atoms. The van der Waals surface area contributed by atoms with E-state index in [-0.39, 0.29) is 50.5 Å². The van der Waals surface area contributed by atoms with E-state index < -0.39 is 53.8 Å². The maximum absolute atomic E-state index is 13.7. The van der Waals surface area contributed by atoms with E-state index in [1.165, 1.54) is 11.8 Å². The summed E-state index contributed by atoms with van der Waals surface area (Å²) >= 11 is 1.45. The Morgan fingerprint density at radius 2 is 1.33 bits per heavy atom. The van der Waals surface area contributed by atoms with Crippen LogP contribution in [0.1, 0.15) is 56.9 Å². The van der Waals surface area contributed by atoms with Crippen LogP contribution in [0.2, 0.25) is 0 Å². The molecule has 0 saturated heterocycles. The molecule has 0 bridgehead atoms. The van der Waals surface area contributed by atoms with Crippen LogP contribution in [0.25, 0.3) is 0 Å². The predicted molar refractivity (Wildman–Crippen MR) is 191 cm³/mol. The Morgan fingerprint density at radius 3 is 1.84 bits per heavy atom. The fraction of sp³-hybridized carbons (Fsp3) is 0.594. The third-order valence-electron chi connectivity index (χ3n) is 7.54. The van der Waals surface area contributed by atoms with Gasteiger partial charge in [0.1, 0.15) is 24.4 Å². The second-order valence-corrected chi connectivity index (χ2v) is 12.5. The second kappa shape index (κ2) is 24.9. The summed E-state index contributed by atoms with van der Waals surface area (Å²) in [6.45, 7) is 0.581. The van der Waals surface area contributed by atoms with Crippen molar-refractivity contribution in [3.63, 3.8) is 0 Å². The number of thioether (sulfide) groups is 1. The fourth-order valence-electron chi connectivity index (χ4n) is 4.79. The standard InChI is InChI=1S/C32H54N10O6S/c1-37-26(19-21-9-4-3-5-10-21)31(48)41-23(11-6-7-16-33)29(46)40-24(12-8-17-38-32(35)36)30(47)42-25(15-18-49-2)28(45)39-22(20-43)13-14-27(34)44/h3-5,9-10,20,22-26,37H,6-8,11-19,33H2,1-2H3,(H2,34,44)(H,39,45)(H,40,46)(H,41,48)(H,42,47)(H4,35,36,38)/t22-,23-,24-,25-,26-/m0/s1. The van der Waals surface area contributed by atoms with Crippen LogP contribution < -0.4 is 49.5 Å². The molecule has 0 unspecified atom stereocenters. The lowest BCUT2D eigenvalue weighted by Gasteiger charge is -2.27. The van der Waals surface area contributed by atoms with Crippen molar-refractivity contribution in [2.75, 3.05) is 32.1 Å². The number of aliphatic imine (C=N–C) groups is 1. The van der Waals surface area contributed by atoms with Crippen molar-refractivity contribution in [2.45, 2.75) is 88.0 Å². The molecule has 0 saturated carbocycles. The smallest absolute Gasteiger partial charge is 0.243 e. The number of amides is 5. The molecule has 13 N–H and O–H groups in total. The number of unbranched alkanes of at least 4 members (excludes halogenated alkanes) is 1. The van der Waals surface area contributed by atoms with Crippen molar-refractivity contribution in [3.8, 4) is 0 Å². The molecule has 0 fully saturated rings. The molecule has 0 radical (unpaired) electrons. The first-order valence-electron chi connectivity index (χ1n) is 16.4. The Balaban J connectivity index is 3.20. The zero-order chi connectivity index (χ0) is 36.6. The van der Waals surface area contributed by atoms with Crippen molar-refractivity contribution >= 4 is 53.5 Å². The van der Waals surface area contributed by atoms with Gasteiger partial charge < -0.3 is 54.3 Å². The number of nitrogens with zero attached hydrogens (tertiary/aromatic N) is 1. The second-order valence-electron chi connectivity index (χ2n) is 11.5. The van der Waals surface area contributed by atoms with Crippen LogP contribution in [-0.4, -0.2) is 104 Å². The molecule has 0 aliphatic carbocycles. The van der Waals surface area contributed by atoms with Crippen molar-refractivity contribution in [2.24, 2.45) is 27.9 Å². The van der Waals surface area contributed by atoms with E-state index in [4.69, 9.17) is 22.9 Å². The molecule has 0 spiro atoms. The minimum atomic E-state index is -1.12. The molecular weight excluding hydrogens is 652 g/mol. The molecule has 0 aliphatic heterocycles. The molecule has 1 aromatic carbocycles. The fourth-order valence-corrected chi connectivity index (χ4v) is 5.26. The average Bonchev–Trinajstić information content (AvgIpc) is 3.08. The maximum Gasteiger partial charge on any atom is 0.243 e. The molecule has 1 aromatic rings.